The summed E-state index contributed by atoms with van der Waals surface area (Å²) < 4.78 is 1.40. The Hall–Kier alpha value is -2.64. The summed E-state index contributed by atoms with van der Waals surface area (Å²) >= 11 is 12.6. The van der Waals surface area contributed by atoms with E-state index in [0.717, 1.165) is 10.6 Å². The predicted molar refractivity (Wildman–Crippen MR) is 100 cm³/mol. The van der Waals surface area contributed by atoms with E-state index in [0.29, 0.717) is 0 Å². The molecule has 0 bridgehead atoms. The molecule has 0 saturated heterocycles. The number of anilines is 1. The Bertz CT molecular complexity index is 914. The Morgan fingerprint density at radius 2 is 1.96 bits per heavy atom. The quantitative estimate of drug-likeness (QED) is 0.816. The summed E-state index contributed by atoms with van der Waals surface area (Å²) in [4.78, 5) is 25.1. The number of halogens is 2. The fourth-order valence-electron chi connectivity index (χ4n) is 2.49. The zero-order valence-corrected chi connectivity index (χ0v) is 15.5. The van der Waals surface area contributed by atoms with E-state index in [2.05, 4.69) is 22.1 Å². The first-order valence-electron chi connectivity index (χ1n) is 7.63. The molecule has 0 spiro atoms. The maximum Gasteiger partial charge on any atom is 0.280 e. The zero-order chi connectivity index (χ0) is 19.0. The number of hydrazone groups is 1. The monoisotopic (exact) mass is 391 g/mol. The molecule has 0 radical (unpaired) electrons. The summed E-state index contributed by atoms with van der Waals surface area (Å²) in [5, 5.41) is 12.6. The Morgan fingerprint density at radius 1 is 1.31 bits per heavy atom. The van der Waals surface area contributed by atoms with Crippen LogP contribution in [0.25, 0.3) is 0 Å². The molecule has 2 amide bonds. The Morgan fingerprint density at radius 3 is 2.50 bits per heavy atom. The Balaban J connectivity index is 2.07. The highest BCUT2D eigenvalue weighted by Crippen LogP contribution is 2.38. The number of amides is 2. The van der Waals surface area contributed by atoms with Crippen molar-refractivity contribution in [2.75, 3.05) is 5.01 Å². The molecule has 1 atom stereocenters. The van der Waals surface area contributed by atoms with Gasteiger partial charge < -0.3 is 5.32 Å². The fourth-order valence-corrected chi connectivity index (χ4v) is 3.24. The van der Waals surface area contributed by atoms with Gasteiger partial charge in [0, 0.05) is 18.0 Å². The highest BCUT2D eigenvalue weighted by molar-refractivity contribution is 6.40. The van der Waals surface area contributed by atoms with Crippen LogP contribution in [0, 0.1) is 6.92 Å². The smallest absolute Gasteiger partial charge is 0.280 e. The van der Waals surface area contributed by atoms with Crippen molar-refractivity contribution in [2.45, 2.75) is 19.9 Å². The standard InChI is InChI=1S/C17H15Cl2N5O2/c1-9(2)16(25)21-15-14(23-6-4-5-20-23)17(26)24(22-15)13-11(18)7-10(3)8-12(13)19/h4-8,14H,1H2,2-3H3,(H,21,22,25). The van der Waals surface area contributed by atoms with Gasteiger partial charge in [-0.3, -0.25) is 14.3 Å². The Kier molecular flexibility index (Phi) is 4.84. The molecule has 1 aromatic carbocycles. The lowest BCUT2D eigenvalue weighted by atomic mass is 10.2. The number of nitrogens with zero attached hydrogens (tertiary/aromatic N) is 4. The molecule has 1 aliphatic rings. The number of hydrogen-bond acceptors (Lipinski definition) is 4. The molecule has 134 valence electrons. The second-order valence-electron chi connectivity index (χ2n) is 5.84. The van der Waals surface area contributed by atoms with Crippen LogP contribution in [-0.2, 0) is 9.59 Å². The summed E-state index contributed by atoms with van der Waals surface area (Å²) in [6.07, 6.45) is 3.13. The third kappa shape index (κ3) is 3.23. The van der Waals surface area contributed by atoms with Gasteiger partial charge in [0.2, 0.25) is 0 Å². The van der Waals surface area contributed by atoms with Gasteiger partial charge >= 0.3 is 0 Å². The van der Waals surface area contributed by atoms with Crippen molar-refractivity contribution in [3.63, 3.8) is 0 Å². The highest BCUT2D eigenvalue weighted by atomic mass is 35.5. The van der Waals surface area contributed by atoms with Crippen LogP contribution in [0.3, 0.4) is 0 Å². The summed E-state index contributed by atoms with van der Waals surface area (Å²) in [6, 6.07) is 4.08. The van der Waals surface area contributed by atoms with E-state index >= 15 is 0 Å². The van der Waals surface area contributed by atoms with E-state index < -0.39 is 17.9 Å². The lowest BCUT2D eigenvalue weighted by molar-refractivity contribution is -0.119. The van der Waals surface area contributed by atoms with Gasteiger partial charge in [-0.25, -0.2) is 0 Å². The van der Waals surface area contributed by atoms with Crippen molar-refractivity contribution in [2.24, 2.45) is 5.10 Å². The van der Waals surface area contributed by atoms with Crippen LogP contribution in [0.4, 0.5) is 5.69 Å². The molecule has 3 rings (SSSR count). The number of hydrogen-bond donors (Lipinski definition) is 1. The summed E-state index contributed by atoms with van der Waals surface area (Å²) in [7, 11) is 0. The minimum Gasteiger partial charge on any atom is -0.307 e. The fraction of sp³-hybridized carbons (Fsp3) is 0.176. The van der Waals surface area contributed by atoms with Crippen LogP contribution in [-0.4, -0.2) is 27.4 Å². The van der Waals surface area contributed by atoms with Gasteiger partial charge in [-0.05, 0) is 37.6 Å². The largest absolute Gasteiger partial charge is 0.307 e. The molecule has 0 aliphatic carbocycles. The van der Waals surface area contributed by atoms with Gasteiger partial charge in [0.1, 0.15) is 5.69 Å². The van der Waals surface area contributed by atoms with Crippen LogP contribution >= 0.6 is 23.2 Å². The molecular formula is C17H15Cl2N5O2. The molecule has 2 heterocycles. The van der Waals surface area contributed by atoms with Gasteiger partial charge in [-0.1, -0.05) is 29.8 Å². The predicted octanol–water partition coefficient (Wildman–Crippen LogP) is 3.09. The van der Waals surface area contributed by atoms with Crippen molar-refractivity contribution in [1.82, 2.24) is 15.1 Å². The molecule has 1 aliphatic heterocycles. The lowest BCUT2D eigenvalue weighted by Gasteiger charge is -2.17. The first-order chi connectivity index (χ1) is 12.3. The lowest BCUT2D eigenvalue weighted by Crippen LogP contribution is -2.38. The number of amidine groups is 1. The number of nitrogens with one attached hydrogen (secondary N) is 1. The third-order valence-electron chi connectivity index (χ3n) is 3.70. The summed E-state index contributed by atoms with van der Waals surface area (Å²) in [6.45, 7) is 6.98. The minimum absolute atomic E-state index is 0.111. The summed E-state index contributed by atoms with van der Waals surface area (Å²) in [5.41, 5.74) is 1.38. The highest BCUT2D eigenvalue weighted by Gasteiger charge is 2.41. The number of rotatable bonds is 3. The molecule has 1 unspecified atom stereocenters. The molecule has 9 heteroatoms. The topological polar surface area (TPSA) is 79.6 Å². The maximum absolute atomic E-state index is 13.0. The average Bonchev–Trinajstić information content (AvgIpc) is 3.15. The average molecular weight is 392 g/mol. The first kappa shape index (κ1) is 18.2. The van der Waals surface area contributed by atoms with Crippen molar-refractivity contribution in [1.29, 1.82) is 0 Å². The molecule has 1 N–H and O–H groups in total. The Labute approximate surface area is 159 Å². The van der Waals surface area contributed by atoms with Crippen LogP contribution < -0.4 is 10.3 Å². The van der Waals surface area contributed by atoms with E-state index in [4.69, 9.17) is 23.2 Å². The number of aryl methyl sites for hydroxylation is 1. The van der Waals surface area contributed by atoms with Crippen LogP contribution in [0.5, 0.6) is 0 Å². The molecule has 2 aromatic rings. The molecule has 26 heavy (non-hydrogen) atoms. The van der Waals surface area contributed by atoms with Crippen molar-refractivity contribution in [3.05, 3.63) is 58.4 Å². The summed E-state index contributed by atoms with van der Waals surface area (Å²) in [5.74, 6) is -0.783. The molecule has 1 aromatic heterocycles. The SMILES string of the molecule is C=C(C)C(=O)NC1=NN(c2c(Cl)cc(C)cc2Cl)C(=O)C1n1cccn1. The molecule has 7 nitrogen and oxygen atoms in total. The minimum atomic E-state index is -0.943. The van der Waals surface area contributed by atoms with Gasteiger partial charge in [0.25, 0.3) is 11.8 Å². The van der Waals surface area contributed by atoms with E-state index in [1.54, 1.807) is 31.3 Å². The normalized spacial score (nSPS) is 16.6. The van der Waals surface area contributed by atoms with Crippen LogP contribution in [0.15, 0.2) is 47.8 Å². The van der Waals surface area contributed by atoms with E-state index in [1.807, 2.05) is 6.92 Å². The third-order valence-corrected chi connectivity index (χ3v) is 4.28. The van der Waals surface area contributed by atoms with Gasteiger partial charge in [0.15, 0.2) is 11.9 Å². The molecule has 0 fully saturated rings. The second kappa shape index (κ2) is 6.93. The first-order valence-corrected chi connectivity index (χ1v) is 8.39. The number of aromatic nitrogens is 2. The number of carbonyl (C=O) groups is 2. The number of benzene rings is 1. The van der Waals surface area contributed by atoms with Gasteiger partial charge in [0.05, 0.1) is 10.0 Å². The second-order valence-corrected chi connectivity index (χ2v) is 6.65. The molecular weight excluding hydrogens is 377 g/mol. The van der Waals surface area contributed by atoms with Crippen molar-refractivity contribution >= 4 is 46.5 Å². The van der Waals surface area contributed by atoms with Crippen molar-refractivity contribution in [3.8, 4) is 0 Å². The van der Waals surface area contributed by atoms with Crippen LogP contribution in [0.2, 0.25) is 10.0 Å². The number of carbonyl (C=O) groups excluding carboxylic acids is 2. The van der Waals surface area contributed by atoms with Gasteiger partial charge in [-0.15, -0.1) is 5.10 Å². The zero-order valence-electron chi connectivity index (χ0n) is 14.0. The van der Waals surface area contributed by atoms with E-state index in [9.17, 15) is 9.59 Å². The van der Waals surface area contributed by atoms with Crippen LogP contribution in [0.1, 0.15) is 18.5 Å². The van der Waals surface area contributed by atoms with E-state index in [-0.39, 0.29) is 27.1 Å². The maximum atomic E-state index is 13.0. The molecule has 0 saturated carbocycles. The van der Waals surface area contributed by atoms with E-state index in [1.165, 1.54) is 10.9 Å². The van der Waals surface area contributed by atoms with Crippen molar-refractivity contribution < 1.29 is 9.59 Å². The van der Waals surface area contributed by atoms with Gasteiger partial charge in [-0.2, -0.15) is 10.1 Å².